The molecule has 1 unspecified atom stereocenters. The van der Waals surface area contributed by atoms with Gasteiger partial charge in [-0.3, -0.25) is 0 Å². The summed E-state index contributed by atoms with van der Waals surface area (Å²) in [5.41, 5.74) is 0. The van der Waals surface area contributed by atoms with Crippen LogP contribution in [-0.2, 0) is 0 Å². The number of piperidine rings is 1. The van der Waals surface area contributed by atoms with E-state index in [-0.39, 0.29) is 12.5 Å². The number of aryl methyl sites for hydroxylation is 1. The van der Waals surface area contributed by atoms with E-state index in [0.717, 1.165) is 31.2 Å². The van der Waals surface area contributed by atoms with E-state index in [2.05, 4.69) is 4.90 Å². The molecule has 3 heteroatoms. The predicted molar refractivity (Wildman–Crippen MR) is 63.6 cm³/mol. The molecule has 0 bridgehead atoms. The number of furan rings is 1. The monoisotopic (exact) mass is 223 g/mol. The highest BCUT2D eigenvalue weighted by Crippen LogP contribution is 2.21. The molecule has 1 N–H and O–H groups in total. The minimum absolute atomic E-state index is 0.131. The van der Waals surface area contributed by atoms with E-state index in [1.807, 2.05) is 19.1 Å². The Kier molecular flexibility index (Phi) is 4.02. The molecule has 1 aliphatic heterocycles. The van der Waals surface area contributed by atoms with Crippen molar-refractivity contribution in [2.24, 2.45) is 0 Å². The van der Waals surface area contributed by atoms with Crippen LogP contribution in [0.5, 0.6) is 0 Å². The SMILES string of the molecule is Cc1ccc(C(CO)CN2CCCCC2)o1. The summed E-state index contributed by atoms with van der Waals surface area (Å²) < 4.78 is 5.59. The summed E-state index contributed by atoms with van der Waals surface area (Å²) in [6.45, 7) is 5.36. The lowest BCUT2D eigenvalue weighted by molar-refractivity contribution is 0.168. The molecule has 1 saturated heterocycles. The third-order valence-corrected chi connectivity index (χ3v) is 3.31. The summed E-state index contributed by atoms with van der Waals surface area (Å²) in [4.78, 5) is 2.43. The van der Waals surface area contributed by atoms with Gasteiger partial charge in [-0.1, -0.05) is 6.42 Å². The number of aliphatic hydroxyl groups is 1. The Labute approximate surface area is 97.1 Å². The Hall–Kier alpha value is -0.800. The van der Waals surface area contributed by atoms with Gasteiger partial charge in [0, 0.05) is 6.54 Å². The van der Waals surface area contributed by atoms with Crippen molar-refractivity contribution >= 4 is 0 Å². The highest BCUT2D eigenvalue weighted by molar-refractivity contribution is 5.11. The number of aliphatic hydroxyl groups excluding tert-OH is 1. The molecule has 90 valence electrons. The number of nitrogens with zero attached hydrogens (tertiary/aromatic N) is 1. The largest absolute Gasteiger partial charge is 0.466 e. The van der Waals surface area contributed by atoms with Gasteiger partial charge in [0.1, 0.15) is 11.5 Å². The van der Waals surface area contributed by atoms with E-state index < -0.39 is 0 Å². The normalized spacial score (nSPS) is 19.9. The van der Waals surface area contributed by atoms with Crippen molar-refractivity contribution in [1.29, 1.82) is 0 Å². The van der Waals surface area contributed by atoms with E-state index in [1.165, 1.54) is 19.3 Å². The fraction of sp³-hybridized carbons (Fsp3) is 0.692. The van der Waals surface area contributed by atoms with Crippen LogP contribution in [0.3, 0.4) is 0 Å². The fourth-order valence-electron chi connectivity index (χ4n) is 2.36. The van der Waals surface area contributed by atoms with Gasteiger partial charge in [-0.25, -0.2) is 0 Å². The van der Waals surface area contributed by atoms with Crippen molar-refractivity contribution in [2.45, 2.75) is 32.1 Å². The number of likely N-dealkylation sites (tertiary alicyclic amines) is 1. The van der Waals surface area contributed by atoms with Crippen LogP contribution in [0.25, 0.3) is 0 Å². The van der Waals surface area contributed by atoms with Crippen LogP contribution in [0.2, 0.25) is 0 Å². The smallest absolute Gasteiger partial charge is 0.110 e. The van der Waals surface area contributed by atoms with Gasteiger partial charge in [0.25, 0.3) is 0 Å². The second-order valence-corrected chi connectivity index (χ2v) is 4.69. The maximum atomic E-state index is 9.43. The van der Waals surface area contributed by atoms with Crippen molar-refractivity contribution < 1.29 is 9.52 Å². The summed E-state index contributed by atoms with van der Waals surface area (Å²) in [6, 6.07) is 3.95. The maximum absolute atomic E-state index is 9.43. The molecular formula is C13H21NO2. The van der Waals surface area contributed by atoms with Crippen molar-refractivity contribution in [2.75, 3.05) is 26.2 Å². The first-order valence-corrected chi connectivity index (χ1v) is 6.19. The van der Waals surface area contributed by atoms with Crippen LogP contribution in [-0.4, -0.2) is 36.2 Å². The Morgan fingerprint density at radius 1 is 1.31 bits per heavy atom. The van der Waals surface area contributed by atoms with Gasteiger partial charge >= 0.3 is 0 Å². The van der Waals surface area contributed by atoms with E-state index in [4.69, 9.17) is 4.42 Å². The van der Waals surface area contributed by atoms with Crippen LogP contribution in [0, 0.1) is 6.92 Å². The van der Waals surface area contributed by atoms with Gasteiger partial charge in [0.05, 0.1) is 12.5 Å². The molecule has 0 radical (unpaired) electrons. The molecule has 1 aromatic heterocycles. The molecule has 0 amide bonds. The van der Waals surface area contributed by atoms with Gasteiger partial charge in [-0.05, 0) is 45.0 Å². The van der Waals surface area contributed by atoms with E-state index in [0.29, 0.717) is 0 Å². The average Bonchev–Trinajstić information content (AvgIpc) is 2.74. The van der Waals surface area contributed by atoms with Crippen LogP contribution >= 0.6 is 0 Å². The molecule has 0 aliphatic carbocycles. The summed E-state index contributed by atoms with van der Waals surface area (Å²) in [7, 11) is 0. The van der Waals surface area contributed by atoms with Crippen LogP contribution < -0.4 is 0 Å². The predicted octanol–water partition coefficient (Wildman–Crippen LogP) is 2.15. The van der Waals surface area contributed by atoms with Crippen LogP contribution in [0.4, 0.5) is 0 Å². The Morgan fingerprint density at radius 2 is 2.06 bits per heavy atom. The van der Waals surface area contributed by atoms with Crippen molar-refractivity contribution in [3.05, 3.63) is 23.7 Å². The molecule has 0 spiro atoms. The Bertz CT molecular complexity index is 315. The molecule has 2 heterocycles. The molecule has 2 rings (SSSR count). The van der Waals surface area contributed by atoms with Crippen molar-refractivity contribution in [3.8, 4) is 0 Å². The first-order chi connectivity index (χ1) is 7.79. The highest BCUT2D eigenvalue weighted by atomic mass is 16.3. The van der Waals surface area contributed by atoms with Gasteiger partial charge in [-0.15, -0.1) is 0 Å². The first-order valence-electron chi connectivity index (χ1n) is 6.19. The molecule has 0 aromatic carbocycles. The van der Waals surface area contributed by atoms with Crippen molar-refractivity contribution in [1.82, 2.24) is 4.90 Å². The second kappa shape index (κ2) is 5.51. The molecule has 1 aliphatic rings. The van der Waals surface area contributed by atoms with E-state index in [9.17, 15) is 5.11 Å². The third kappa shape index (κ3) is 2.86. The van der Waals surface area contributed by atoms with Gasteiger partial charge < -0.3 is 14.4 Å². The molecule has 16 heavy (non-hydrogen) atoms. The Morgan fingerprint density at radius 3 is 2.62 bits per heavy atom. The zero-order valence-electron chi connectivity index (χ0n) is 9.98. The topological polar surface area (TPSA) is 36.6 Å². The second-order valence-electron chi connectivity index (χ2n) is 4.69. The maximum Gasteiger partial charge on any atom is 0.110 e. The first kappa shape index (κ1) is 11.7. The summed E-state index contributed by atoms with van der Waals surface area (Å²) in [5, 5.41) is 9.43. The van der Waals surface area contributed by atoms with Gasteiger partial charge in [0.15, 0.2) is 0 Å². The van der Waals surface area contributed by atoms with Gasteiger partial charge in [-0.2, -0.15) is 0 Å². The molecule has 1 atom stereocenters. The zero-order valence-corrected chi connectivity index (χ0v) is 9.98. The fourth-order valence-corrected chi connectivity index (χ4v) is 2.36. The minimum Gasteiger partial charge on any atom is -0.466 e. The lowest BCUT2D eigenvalue weighted by atomic mass is 10.0. The molecule has 1 aromatic rings. The van der Waals surface area contributed by atoms with Gasteiger partial charge in [0.2, 0.25) is 0 Å². The highest BCUT2D eigenvalue weighted by Gasteiger charge is 2.19. The summed E-state index contributed by atoms with van der Waals surface area (Å²) in [6.07, 6.45) is 3.92. The minimum atomic E-state index is 0.131. The zero-order chi connectivity index (χ0) is 11.4. The number of hydrogen-bond donors (Lipinski definition) is 1. The molecule has 0 saturated carbocycles. The lowest BCUT2D eigenvalue weighted by Crippen LogP contribution is -2.34. The van der Waals surface area contributed by atoms with Crippen LogP contribution in [0.1, 0.15) is 36.7 Å². The van der Waals surface area contributed by atoms with Crippen molar-refractivity contribution in [3.63, 3.8) is 0 Å². The number of rotatable bonds is 4. The lowest BCUT2D eigenvalue weighted by Gasteiger charge is -2.29. The molecule has 1 fully saturated rings. The van der Waals surface area contributed by atoms with E-state index >= 15 is 0 Å². The summed E-state index contributed by atoms with van der Waals surface area (Å²) in [5.74, 6) is 1.98. The quantitative estimate of drug-likeness (QED) is 0.849. The Balaban J connectivity index is 1.94. The number of hydrogen-bond acceptors (Lipinski definition) is 3. The average molecular weight is 223 g/mol. The standard InChI is InChI=1S/C13H21NO2/c1-11-5-6-13(16-11)12(10-15)9-14-7-3-2-4-8-14/h5-6,12,15H,2-4,7-10H2,1H3. The van der Waals surface area contributed by atoms with E-state index in [1.54, 1.807) is 0 Å². The van der Waals surface area contributed by atoms with Crippen LogP contribution in [0.15, 0.2) is 16.5 Å². The third-order valence-electron chi connectivity index (χ3n) is 3.31. The summed E-state index contributed by atoms with van der Waals surface area (Å²) >= 11 is 0. The molecule has 3 nitrogen and oxygen atoms in total. The molecular weight excluding hydrogens is 202 g/mol.